The fourth-order valence-electron chi connectivity index (χ4n) is 7.26. The number of likely N-dealkylation sites (tertiary alicyclic amines) is 1. The molecule has 4 atom stereocenters. The van der Waals surface area contributed by atoms with Crippen LogP contribution in [-0.4, -0.2) is 66.8 Å². The molecular formula is C30H37ClN6O. The molecule has 0 amide bonds. The predicted molar refractivity (Wildman–Crippen MR) is 153 cm³/mol. The van der Waals surface area contributed by atoms with Crippen LogP contribution < -0.4 is 20.3 Å². The maximum absolute atomic E-state index is 6.70. The summed E-state index contributed by atoms with van der Waals surface area (Å²) in [4.78, 5) is 17.4. The summed E-state index contributed by atoms with van der Waals surface area (Å²) in [6.07, 6.45) is 5.73. The van der Waals surface area contributed by atoms with E-state index in [0.717, 1.165) is 78.6 Å². The van der Waals surface area contributed by atoms with E-state index in [0.29, 0.717) is 36.5 Å². The molecule has 2 aromatic carbocycles. The van der Waals surface area contributed by atoms with Gasteiger partial charge in [0.05, 0.1) is 17.3 Å². The molecule has 3 aromatic rings. The van der Waals surface area contributed by atoms with Crippen molar-refractivity contribution in [1.82, 2.24) is 14.9 Å². The van der Waals surface area contributed by atoms with E-state index in [1.54, 1.807) is 0 Å². The van der Waals surface area contributed by atoms with Gasteiger partial charge in [-0.3, -0.25) is 0 Å². The number of halogens is 1. The van der Waals surface area contributed by atoms with E-state index in [9.17, 15) is 0 Å². The molecule has 200 valence electrons. The van der Waals surface area contributed by atoms with Crippen LogP contribution in [0, 0.1) is 11.8 Å². The number of hydrogen-bond donors (Lipinski definition) is 1. The number of anilines is 2. The lowest BCUT2D eigenvalue weighted by Gasteiger charge is -2.39. The highest BCUT2D eigenvalue weighted by molar-refractivity contribution is 6.36. The van der Waals surface area contributed by atoms with Gasteiger partial charge in [-0.1, -0.05) is 35.9 Å². The number of ether oxygens (including phenoxy) is 1. The third-order valence-corrected chi connectivity index (χ3v) is 9.79. The van der Waals surface area contributed by atoms with Gasteiger partial charge >= 0.3 is 6.01 Å². The third-order valence-electron chi connectivity index (χ3n) is 9.48. The molecular weight excluding hydrogens is 496 g/mol. The molecule has 0 radical (unpaired) electrons. The normalized spacial score (nSPS) is 27.2. The zero-order valence-electron chi connectivity index (χ0n) is 22.2. The van der Waals surface area contributed by atoms with Crippen molar-refractivity contribution in [3.8, 4) is 6.01 Å². The SMILES string of the molecule is CN1CCCC1COc1nc2c(c(N3C[C@H]4CC[C@@H](C3)C4N)n1)CCN(c1cccc3cccc(Cl)c13)C2. The monoisotopic (exact) mass is 532 g/mol. The molecule has 8 heteroatoms. The van der Waals surface area contributed by atoms with Crippen LogP contribution >= 0.6 is 11.6 Å². The minimum absolute atomic E-state index is 0.323. The third kappa shape index (κ3) is 4.29. The molecule has 2 saturated heterocycles. The van der Waals surface area contributed by atoms with Crippen molar-refractivity contribution in [2.24, 2.45) is 17.6 Å². The number of benzene rings is 2. The van der Waals surface area contributed by atoms with Gasteiger partial charge in [-0.25, -0.2) is 0 Å². The lowest BCUT2D eigenvalue weighted by Crippen LogP contribution is -2.49. The second kappa shape index (κ2) is 9.85. The van der Waals surface area contributed by atoms with Gasteiger partial charge in [-0.05, 0) is 75.1 Å². The number of aromatic nitrogens is 2. The van der Waals surface area contributed by atoms with Crippen LogP contribution in [0.1, 0.15) is 36.9 Å². The van der Waals surface area contributed by atoms with Gasteiger partial charge in [0.25, 0.3) is 0 Å². The molecule has 2 N–H and O–H groups in total. The maximum Gasteiger partial charge on any atom is 0.318 e. The number of nitrogens with two attached hydrogens (primary N) is 1. The topological polar surface area (TPSA) is 70.8 Å². The fraction of sp³-hybridized carbons (Fsp3) is 0.533. The van der Waals surface area contributed by atoms with Crippen LogP contribution in [0.5, 0.6) is 6.01 Å². The Kier molecular flexibility index (Phi) is 6.33. The first-order valence-electron chi connectivity index (χ1n) is 14.2. The second-order valence-electron chi connectivity index (χ2n) is 11.7. The van der Waals surface area contributed by atoms with Crippen LogP contribution in [0.25, 0.3) is 10.8 Å². The van der Waals surface area contributed by atoms with E-state index >= 15 is 0 Å². The van der Waals surface area contributed by atoms with E-state index in [1.807, 2.05) is 12.1 Å². The number of piperidine rings is 1. The number of rotatable bonds is 5. The summed E-state index contributed by atoms with van der Waals surface area (Å²) < 4.78 is 6.32. The van der Waals surface area contributed by atoms with Crippen molar-refractivity contribution in [2.75, 3.05) is 49.6 Å². The minimum Gasteiger partial charge on any atom is -0.462 e. The molecule has 4 aliphatic rings. The fourth-order valence-corrected chi connectivity index (χ4v) is 7.54. The van der Waals surface area contributed by atoms with Gasteiger partial charge < -0.3 is 25.2 Å². The van der Waals surface area contributed by atoms with Crippen molar-refractivity contribution in [3.63, 3.8) is 0 Å². The van der Waals surface area contributed by atoms with E-state index in [-0.39, 0.29) is 0 Å². The standard InChI is InChI=1S/C30H37ClN6O/c1-35-13-4-7-22(35)18-38-30-33-25-17-36(26-9-3-6-19-5-2-8-24(31)27(19)26)14-12-23(25)29(34-30)37-15-20-10-11-21(16-37)28(20)32/h2-3,5-6,8-9,20-22,28H,4,7,10-18,32H2,1H3/t20-,21+,22?,28?. The van der Waals surface area contributed by atoms with Crippen molar-refractivity contribution >= 4 is 33.9 Å². The largest absolute Gasteiger partial charge is 0.462 e. The summed E-state index contributed by atoms with van der Waals surface area (Å²) in [5.41, 5.74) is 10.1. The number of hydrogen-bond acceptors (Lipinski definition) is 7. The average Bonchev–Trinajstić information content (AvgIpc) is 3.41. The van der Waals surface area contributed by atoms with Crippen molar-refractivity contribution in [2.45, 2.75) is 50.7 Å². The molecule has 38 heavy (non-hydrogen) atoms. The van der Waals surface area contributed by atoms with Crippen molar-refractivity contribution < 1.29 is 4.74 Å². The van der Waals surface area contributed by atoms with E-state index in [2.05, 4.69) is 46.0 Å². The lowest BCUT2D eigenvalue weighted by molar-refractivity contribution is 0.187. The highest BCUT2D eigenvalue weighted by Crippen LogP contribution is 2.41. The maximum atomic E-state index is 6.70. The van der Waals surface area contributed by atoms with E-state index in [4.69, 9.17) is 32.0 Å². The molecule has 7 nitrogen and oxygen atoms in total. The molecule has 2 bridgehead atoms. The van der Waals surface area contributed by atoms with E-state index < -0.39 is 0 Å². The van der Waals surface area contributed by atoms with Gasteiger partial charge in [0.15, 0.2) is 0 Å². The first-order valence-corrected chi connectivity index (χ1v) is 14.6. The highest BCUT2D eigenvalue weighted by atomic mass is 35.5. The Hall–Kier alpha value is -2.61. The summed E-state index contributed by atoms with van der Waals surface area (Å²) in [5.74, 6) is 2.17. The molecule has 1 aromatic heterocycles. The average molecular weight is 533 g/mol. The molecule has 3 aliphatic heterocycles. The van der Waals surface area contributed by atoms with Crippen LogP contribution in [0.3, 0.4) is 0 Å². The van der Waals surface area contributed by atoms with Gasteiger partial charge in [0, 0.05) is 48.4 Å². The summed E-state index contributed by atoms with van der Waals surface area (Å²) in [6, 6.07) is 13.8. The Balaban J connectivity index is 1.23. The second-order valence-corrected chi connectivity index (χ2v) is 12.1. The minimum atomic E-state index is 0.323. The molecule has 2 unspecified atom stereocenters. The molecule has 1 saturated carbocycles. The van der Waals surface area contributed by atoms with Crippen LogP contribution in [0.2, 0.25) is 5.02 Å². The summed E-state index contributed by atoms with van der Waals surface area (Å²) >= 11 is 6.70. The molecule has 3 fully saturated rings. The van der Waals surface area contributed by atoms with Crippen LogP contribution in [0.15, 0.2) is 36.4 Å². The summed E-state index contributed by atoms with van der Waals surface area (Å²) in [6.45, 7) is 5.34. The smallest absolute Gasteiger partial charge is 0.318 e. The summed E-state index contributed by atoms with van der Waals surface area (Å²) in [5, 5.41) is 3.06. The Labute approximate surface area is 229 Å². The highest BCUT2D eigenvalue weighted by Gasteiger charge is 2.41. The Bertz CT molecular complexity index is 1330. The van der Waals surface area contributed by atoms with Crippen LogP contribution in [-0.2, 0) is 13.0 Å². The van der Waals surface area contributed by atoms with Crippen LogP contribution in [0.4, 0.5) is 11.5 Å². The molecule has 7 rings (SSSR count). The Morgan fingerprint density at radius 1 is 1.00 bits per heavy atom. The number of likely N-dealkylation sites (N-methyl/N-ethyl adjacent to an activating group) is 1. The van der Waals surface area contributed by atoms with E-state index in [1.165, 1.54) is 24.8 Å². The number of fused-ring (bicyclic) bond motifs is 4. The van der Waals surface area contributed by atoms with Gasteiger partial charge in [-0.15, -0.1) is 0 Å². The molecule has 0 spiro atoms. The molecule has 4 heterocycles. The zero-order chi connectivity index (χ0) is 25.8. The van der Waals surface area contributed by atoms with Crippen molar-refractivity contribution in [3.05, 3.63) is 52.7 Å². The van der Waals surface area contributed by atoms with Gasteiger partial charge in [-0.2, -0.15) is 9.97 Å². The Morgan fingerprint density at radius 2 is 1.79 bits per heavy atom. The zero-order valence-corrected chi connectivity index (χ0v) is 22.9. The van der Waals surface area contributed by atoms with Crippen molar-refractivity contribution in [1.29, 1.82) is 0 Å². The molecule has 1 aliphatic carbocycles. The summed E-state index contributed by atoms with van der Waals surface area (Å²) in [7, 11) is 2.18. The lowest BCUT2D eigenvalue weighted by atomic mass is 9.92. The Morgan fingerprint density at radius 3 is 2.55 bits per heavy atom. The predicted octanol–water partition coefficient (Wildman–Crippen LogP) is 4.49. The first kappa shape index (κ1) is 24.4. The van der Waals surface area contributed by atoms with Gasteiger partial charge in [0.1, 0.15) is 12.4 Å². The van der Waals surface area contributed by atoms with Gasteiger partial charge in [0.2, 0.25) is 0 Å². The first-order chi connectivity index (χ1) is 18.5. The number of nitrogens with zero attached hydrogens (tertiary/aromatic N) is 5. The quantitative estimate of drug-likeness (QED) is 0.519.